The maximum Gasteiger partial charge on any atom is 0.103 e. The highest BCUT2D eigenvalue weighted by molar-refractivity contribution is 7.19. The molecule has 1 aliphatic rings. The summed E-state index contributed by atoms with van der Waals surface area (Å²) >= 11 is 1.79. The van der Waals surface area contributed by atoms with Gasteiger partial charge in [0.25, 0.3) is 0 Å². The molecule has 0 saturated carbocycles. The summed E-state index contributed by atoms with van der Waals surface area (Å²) in [4.78, 5) is 1.24. The van der Waals surface area contributed by atoms with Crippen LogP contribution in [0.3, 0.4) is 0 Å². The third-order valence-electron chi connectivity index (χ3n) is 4.56. The Kier molecular flexibility index (Phi) is 3.43. The van der Waals surface area contributed by atoms with Crippen molar-refractivity contribution in [2.24, 2.45) is 0 Å². The minimum atomic E-state index is 0.0163. The summed E-state index contributed by atoms with van der Waals surface area (Å²) in [5, 5.41) is 14.3. The summed E-state index contributed by atoms with van der Waals surface area (Å²) in [6.45, 7) is 2.11. The number of nitrogens with zero attached hydrogens (tertiary/aromatic N) is 2. The zero-order valence-corrected chi connectivity index (χ0v) is 14.0. The molecule has 1 N–H and O–H groups in total. The van der Waals surface area contributed by atoms with Crippen LogP contribution in [0.4, 0.5) is 5.69 Å². The van der Waals surface area contributed by atoms with Crippen molar-refractivity contribution in [3.8, 4) is 0 Å². The normalized spacial score (nSPS) is 22.2. The molecule has 0 aliphatic carbocycles. The molecular weight excluding hydrogens is 302 g/mol. The molecule has 2 aromatic carbocycles. The lowest BCUT2D eigenvalue weighted by Gasteiger charge is -2.31. The van der Waals surface area contributed by atoms with E-state index in [1.165, 1.54) is 15.0 Å². The van der Waals surface area contributed by atoms with E-state index in [1.54, 1.807) is 11.3 Å². The molecule has 4 heteroatoms. The van der Waals surface area contributed by atoms with E-state index in [0.29, 0.717) is 0 Å². The Morgan fingerprint density at radius 3 is 2.43 bits per heavy atom. The van der Waals surface area contributed by atoms with E-state index in [1.807, 2.05) is 18.2 Å². The Morgan fingerprint density at radius 1 is 1.00 bits per heavy atom. The molecule has 2 unspecified atom stereocenters. The van der Waals surface area contributed by atoms with Gasteiger partial charge in [0.15, 0.2) is 0 Å². The van der Waals surface area contributed by atoms with Crippen molar-refractivity contribution >= 4 is 32.8 Å². The van der Waals surface area contributed by atoms with Crippen molar-refractivity contribution in [1.82, 2.24) is 5.01 Å². The van der Waals surface area contributed by atoms with Gasteiger partial charge in [-0.2, -0.15) is 0 Å². The van der Waals surface area contributed by atoms with Crippen LogP contribution in [-0.4, -0.2) is 23.8 Å². The third-order valence-corrected chi connectivity index (χ3v) is 5.73. The molecule has 4 rings (SSSR count). The lowest BCUT2D eigenvalue weighted by Crippen LogP contribution is -2.38. The summed E-state index contributed by atoms with van der Waals surface area (Å²) in [6, 6.07) is 21.1. The molecule has 0 bridgehead atoms. The summed E-state index contributed by atoms with van der Waals surface area (Å²) in [7, 11) is 2.08. The predicted octanol–water partition coefficient (Wildman–Crippen LogP) is 4.72. The highest BCUT2D eigenvalue weighted by atomic mass is 32.1. The first kappa shape index (κ1) is 14.4. The van der Waals surface area contributed by atoms with E-state index < -0.39 is 0 Å². The van der Waals surface area contributed by atoms with E-state index in [4.69, 9.17) is 5.41 Å². The highest BCUT2D eigenvalue weighted by Crippen LogP contribution is 2.40. The topological polar surface area (TPSA) is 30.3 Å². The maximum atomic E-state index is 8.66. The van der Waals surface area contributed by atoms with Crippen LogP contribution in [-0.2, 0) is 0 Å². The molecular formula is C19H19N3S. The summed E-state index contributed by atoms with van der Waals surface area (Å²) in [5.74, 6) is 0. The van der Waals surface area contributed by atoms with Crippen LogP contribution in [0, 0.1) is 5.41 Å². The number of nitrogens with one attached hydrogen (secondary N) is 1. The second-order valence-electron chi connectivity index (χ2n) is 5.97. The molecule has 0 spiro atoms. The number of rotatable bonds is 2. The van der Waals surface area contributed by atoms with E-state index in [0.717, 1.165) is 11.4 Å². The molecule has 0 radical (unpaired) electrons. The molecule has 3 nitrogen and oxygen atoms in total. The van der Waals surface area contributed by atoms with Crippen LogP contribution >= 0.6 is 11.3 Å². The SMILES string of the molecule is CC1C(=N)C(c2cc3ccccc3s2)N(C)N1c1ccccc1. The molecule has 1 aromatic heterocycles. The lowest BCUT2D eigenvalue weighted by atomic mass is 10.1. The quantitative estimate of drug-likeness (QED) is 0.740. The van der Waals surface area contributed by atoms with E-state index in [2.05, 4.69) is 66.5 Å². The lowest BCUT2D eigenvalue weighted by molar-refractivity contribution is 0.308. The van der Waals surface area contributed by atoms with Crippen molar-refractivity contribution in [1.29, 1.82) is 5.41 Å². The van der Waals surface area contributed by atoms with E-state index in [9.17, 15) is 0 Å². The van der Waals surface area contributed by atoms with Gasteiger partial charge in [-0.15, -0.1) is 11.3 Å². The molecule has 0 amide bonds. The van der Waals surface area contributed by atoms with Gasteiger partial charge >= 0.3 is 0 Å². The van der Waals surface area contributed by atoms with Crippen LogP contribution in [0.15, 0.2) is 60.7 Å². The van der Waals surface area contributed by atoms with Crippen molar-refractivity contribution < 1.29 is 0 Å². The zero-order chi connectivity index (χ0) is 16.0. The van der Waals surface area contributed by atoms with Crippen LogP contribution in [0.2, 0.25) is 0 Å². The fraction of sp³-hybridized carbons (Fsp3) is 0.211. The molecule has 2 atom stereocenters. The fourth-order valence-corrected chi connectivity index (χ4v) is 4.64. The van der Waals surface area contributed by atoms with Crippen molar-refractivity contribution in [2.45, 2.75) is 19.0 Å². The van der Waals surface area contributed by atoms with Gasteiger partial charge < -0.3 is 5.41 Å². The van der Waals surface area contributed by atoms with Crippen LogP contribution < -0.4 is 5.01 Å². The smallest absolute Gasteiger partial charge is 0.103 e. The van der Waals surface area contributed by atoms with Gasteiger partial charge in [0.1, 0.15) is 6.04 Å². The van der Waals surface area contributed by atoms with Gasteiger partial charge in [-0.1, -0.05) is 36.4 Å². The second kappa shape index (κ2) is 5.48. The van der Waals surface area contributed by atoms with E-state index in [-0.39, 0.29) is 12.1 Å². The number of hydrazine groups is 1. The highest BCUT2D eigenvalue weighted by Gasteiger charge is 2.41. The Bertz CT molecular complexity index is 822. The summed E-state index contributed by atoms with van der Waals surface area (Å²) < 4.78 is 1.29. The molecule has 2 heterocycles. The second-order valence-corrected chi connectivity index (χ2v) is 7.09. The van der Waals surface area contributed by atoms with Gasteiger partial charge in [0.05, 0.1) is 17.4 Å². The van der Waals surface area contributed by atoms with Gasteiger partial charge in [-0.3, -0.25) is 5.01 Å². The van der Waals surface area contributed by atoms with Crippen molar-refractivity contribution in [3.05, 3.63) is 65.5 Å². The number of hydrogen-bond donors (Lipinski definition) is 1. The standard InChI is InChI=1S/C19H19N3S/c1-13-18(20)19(17-12-14-8-6-7-11-16(14)23-17)21(2)22(13)15-9-4-3-5-10-15/h3-13,19-20H,1-2H3. The first-order valence-corrected chi connectivity index (χ1v) is 8.62. The van der Waals surface area contributed by atoms with Gasteiger partial charge in [0, 0.05) is 16.6 Å². The summed E-state index contributed by atoms with van der Waals surface area (Å²) in [5.41, 5.74) is 1.89. The Balaban J connectivity index is 1.76. The van der Waals surface area contributed by atoms with Crippen molar-refractivity contribution in [2.75, 3.05) is 12.1 Å². The first-order valence-electron chi connectivity index (χ1n) is 7.80. The average Bonchev–Trinajstić information content (AvgIpc) is 3.07. The fourth-order valence-electron chi connectivity index (χ4n) is 3.42. The van der Waals surface area contributed by atoms with Gasteiger partial charge in [0.2, 0.25) is 0 Å². The minimum Gasteiger partial charge on any atom is -0.305 e. The molecule has 116 valence electrons. The number of para-hydroxylation sites is 1. The Morgan fingerprint density at radius 2 is 1.70 bits per heavy atom. The molecule has 1 fully saturated rings. The molecule has 3 aromatic rings. The molecule has 23 heavy (non-hydrogen) atoms. The average molecular weight is 321 g/mol. The number of benzene rings is 2. The molecule has 1 aliphatic heterocycles. The van der Waals surface area contributed by atoms with E-state index >= 15 is 0 Å². The number of anilines is 1. The zero-order valence-electron chi connectivity index (χ0n) is 13.2. The van der Waals surface area contributed by atoms with Crippen LogP contribution in [0.5, 0.6) is 0 Å². The van der Waals surface area contributed by atoms with Crippen LogP contribution in [0.1, 0.15) is 17.8 Å². The number of fused-ring (bicyclic) bond motifs is 1. The third kappa shape index (κ3) is 2.26. The Labute approximate surface area is 140 Å². The molecule has 1 saturated heterocycles. The number of thiophene rings is 1. The van der Waals surface area contributed by atoms with Gasteiger partial charge in [-0.25, -0.2) is 5.01 Å². The predicted molar refractivity (Wildman–Crippen MR) is 98.4 cm³/mol. The summed E-state index contributed by atoms with van der Waals surface area (Å²) in [6.07, 6.45) is 0. The minimum absolute atomic E-state index is 0.0163. The maximum absolute atomic E-state index is 8.66. The first-order chi connectivity index (χ1) is 11.2. The number of hydrogen-bond acceptors (Lipinski definition) is 4. The van der Waals surface area contributed by atoms with Crippen LogP contribution in [0.25, 0.3) is 10.1 Å². The Hall–Kier alpha value is -2.17. The monoisotopic (exact) mass is 321 g/mol. The van der Waals surface area contributed by atoms with Crippen molar-refractivity contribution in [3.63, 3.8) is 0 Å². The largest absolute Gasteiger partial charge is 0.305 e. The van der Waals surface area contributed by atoms with Gasteiger partial charge in [-0.05, 0) is 36.6 Å².